The molecule has 0 spiro atoms. The molecule has 0 amide bonds. The molecular formula is C10H15N3O2. The monoisotopic (exact) mass is 209 g/mol. The minimum Gasteiger partial charge on any atom is -0.461 e. The fraction of sp³-hybridized carbons (Fsp3) is 0.600. The average Bonchev–Trinajstić information content (AvgIpc) is 2.61. The van der Waals surface area contributed by atoms with Gasteiger partial charge < -0.3 is 15.0 Å². The smallest absolute Gasteiger partial charge is 0.356 e. The predicted molar refractivity (Wildman–Crippen MR) is 54.4 cm³/mol. The molecule has 5 nitrogen and oxygen atoms in total. The standard InChI is InChI=1S/C10H15N3O2/c1-2-15-10(14)9-5-12-6-13(9)8-3-7(11)4-8/h5-8H,2-4,11H2,1H3. The molecule has 1 aliphatic carbocycles. The Kier molecular flexibility index (Phi) is 2.73. The van der Waals surface area contributed by atoms with Crippen LogP contribution >= 0.6 is 0 Å². The number of carbonyl (C=O) groups is 1. The number of ether oxygens (including phenoxy) is 1. The maximum absolute atomic E-state index is 11.5. The lowest BCUT2D eigenvalue weighted by Gasteiger charge is -2.34. The van der Waals surface area contributed by atoms with Crippen molar-refractivity contribution in [3.63, 3.8) is 0 Å². The lowest BCUT2D eigenvalue weighted by Crippen LogP contribution is -2.38. The van der Waals surface area contributed by atoms with Crippen LogP contribution in [0.1, 0.15) is 36.3 Å². The van der Waals surface area contributed by atoms with Gasteiger partial charge in [-0.2, -0.15) is 0 Å². The molecule has 0 unspecified atom stereocenters. The summed E-state index contributed by atoms with van der Waals surface area (Å²) >= 11 is 0. The van der Waals surface area contributed by atoms with Crippen LogP contribution in [0, 0.1) is 0 Å². The summed E-state index contributed by atoms with van der Waals surface area (Å²) in [6.07, 6.45) is 5.02. The molecule has 1 heterocycles. The molecule has 0 saturated heterocycles. The van der Waals surface area contributed by atoms with E-state index in [1.165, 1.54) is 0 Å². The minimum atomic E-state index is -0.310. The van der Waals surface area contributed by atoms with Gasteiger partial charge >= 0.3 is 5.97 Å². The quantitative estimate of drug-likeness (QED) is 0.745. The Morgan fingerprint density at radius 2 is 2.47 bits per heavy atom. The fourth-order valence-electron chi connectivity index (χ4n) is 1.82. The first kappa shape index (κ1) is 10.2. The molecule has 82 valence electrons. The zero-order valence-corrected chi connectivity index (χ0v) is 8.72. The highest BCUT2D eigenvalue weighted by molar-refractivity contribution is 5.87. The van der Waals surface area contributed by atoms with Crippen LogP contribution in [-0.4, -0.2) is 28.2 Å². The minimum absolute atomic E-state index is 0.257. The van der Waals surface area contributed by atoms with Crippen molar-refractivity contribution in [1.82, 2.24) is 9.55 Å². The van der Waals surface area contributed by atoms with Crippen molar-refractivity contribution < 1.29 is 9.53 Å². The first-order valence-electron chi connectivity index (χ1n) is 5.17. The van der Waals surface area contributed by atoms with Crippen molar-refractivity contribution >= 4 is 5.97 Å². The average molecular weight is 209 g/mol. The molecule has 0 atom stereocenters. The van der Waals surface area contributed by atoms with Gasteiger partial charge in [0.05, 0.1) is 19.1 Å². The molecule has 5 heteroatoms. The normalized spacial score (nSPS) is 24.7. The molecule has 1 saturated carbocycles. The highest BCUT2D eigenvalue weighted by Crippen LogP contribution is 2.31. The summed E-state index contributed by atoms with van der Waals surface area (Å²) in [7, 11) is 0. The maximum Gasteiger partial charge on any atom is 0.356 e. The molecule has 0 aliphatic heterocycles. The van der Waals surface area contributed by atoms with Gasteiger partial charge in [-0.15, -0.1) is 0 Å². The predicted octanol–water partition coefficient (Wildman–Crippen LogP) is 0.722. The summed E-state index contributed by atoms with van der Waals surface area (Å²) in [6.45, 7) is 2.17. The summed E-state index contributed by atoms with van der Waals surface area (Å²) in [4.78, 5) is 15.5. The number of nitrogens with two attached hydrogens (primary N) is 1. The van der Waals surface area contributed by atoms with E-state index in [9.17, 15) is 4.79 Å². The van der Waals surface area contributed by atoms with Crippen molar-refractivity contribution in [1.29, 1.82) is 0 Å². The molecule has 1 fully saturated rings. The number of hydrogen-bond donors (Lipinski definition) is 1. The van der Waals surface area contributed by atoms with Crippen LogP contribution in [0.3, 0.4) is 0 Å². The van der Waals surface area contributed by atoms with Gasteiger partial charge in [-0.1, -0.05) is 0 Å². The third-order valence-corrected chi connectivity index (χ3v) is 2.69. The molecule has 0 radical (unpaired) electrons. The Morgan fingerprint density at radius 1 is 1.73 bits per heavy atom. The van der Waals surface area contributed by atoms with Gasteiger partial charge in [0.2, 0.25) is 0 Å². The van der Waals surface area contributed by atoms with Crippen LogP contribution in [-0.2, 0) is 4.74 Å². The van der Waals surface area contributed by atoms with Gasteiger partial charge in [-0.3, -0.25) is 0 Å². The molecule has 15 heavy (non-hydrogen) atoms. The van der Waals surface area contributed by atoms with Crippen molar-refractivity contribution in [3.8, 4) is 0 Å². The van der Waals surface area contributed by atoms with Crippen molar-refractivity contribution in [3.05, 3.63) is 18.2 Å². The Balaban J connectivity index is 2.11. The SMILES string of the molecule is CCOC(=O)c1cncn1C1CC(N)C1. The second kappa shape index (κ2) is 4.02. The zero-order chi connectivity index (χ0) is 10.8. The largest absolute Gasteiger partial charge is 0.461 e. The highest BCUT2D eigenvalue weighted by Gasteiger charge is 2.30. The molecule has 1 aliphatic rings. The van der Waals surface area contributed by atoms with E-state index in [4.69, 9.17) is 10.5 Å². The van der Waals surface area contributed by atoms with E-state index in [0.717, 1.165) is 12.8 Å². The van der Waals surface area contributed by atoms with Gasteiger partial charge in [0.25, 0.3) is 0 Å². The van der Waals surface area contributed by atoms with Gasteiger partial charge in [0, 0.05) is 12.1 Å². The topological polar surface area (TPSA) is 70.1 Å². The van der Waals surface area contributed by atoms with Gasteiger partial charge in [-0.25, -0.2) is 9.78 Å². The van der Waals surface area contributed by atoms with Gasteiger partial charge in [0.1, 0.15) is 5.69 Å². The number of rotatable bonds is 3. The van der Waals surface area contributed by atoms with E-state index < -0.39 is 0 Å². The van der Waals surface area contributed by atoms with Crippen LogP contribution in [0.2, 0.25) is 0 Å². The first-order valence-corrected chi connectivity index (χ1v) is 5.17. The maximum atomic E-state index is 11.5. The van der Waals surface area contributed by atoms with Crippen LogP contribution in [0.5, 0.6) is 0 Å². The summed E-state index contributed by atoms with van der Waals surface area (Å²) in [5.74, 6) is -0.310. The third kappa shape index (κ3) is 1.87. The van der Waals surface area contributed by atoms with Crippen molar-refractivity contribution in [2.24, 2.45) is 5.73 Å². The van der Waals surface area contributed by atoms with Crippen LogP contribution in [0.25, 0.3) is 0 Å². The Morgan fingerprint density at radius 3 is 3.07 bits per heavy atom. The second-order valence-electron chi connectivity index (χ2n) is 3.79. The summed E-state index contributed by atoms with van der Waals surface area (Å²) < 4.78 is 6.80. The number of esters is 1. The van der Waals surface area contributed by atoms with E-state index in [0.29, 0.717) is 18.3 Å². The summed E-state index contributed by atoms with van der Waals surface area (Å²) in [6, 6.07) is 0.564. The Hall–Kier alpha value is -1.36. The lowest BCUT2D eigenvalue weighted by molar-refractivity contribution is 0.0506. The van der Waals surface area contributed by atoms with Gasteiger partial charge in [0.15, 0.2) is 0 Å². The Bertz CT molecular complexity index is 355. The van der Waals surface area contributed by atoms with Crippen LogP contribution in [0.4, 0.5) is 0 Å². The number of carbonyl (C=O) groups excluding carboxylic acids is 1. The lowest BCUT2D eigenvalue weighted by atomic mass is 9.87. The van der Waals surface area contributed by atoms with Crippen LogP contribution < -0.4 is 5.73 Å². The zero-order valence-electron chi connectivity index (χ0n) is 8.72. The molecule has 2 N–H and O–H groups in total. The highest BCUT2D eigenvalue weighted by atomic mass is 16.5. The molecular weight excluding hydrogens is 194 g/mol. The number of imidazole rings is 1. The molecule has 1 aromatic heterocycles. The van der Waals surface area contributed by atoms with E-state index in [1.54, 1.807) is 19.4 Å². The van der Waals surface area contributed by atoms with Gasteiger partial charge in [-0.05, 0) is 19.8 Å². The van der Waals surface area contributed by atoms with E-state index >= 15 is 0 Å². The molecule has 0 bridgehead atoms. The van der Waals surface area contributed by atoms with E-state index in [1.807, 2.05) is 4.57 Å². The number of hydrogen-bond acceptors (Lipinski definition) is 4. The fourth-order valence-corrected chi connectivity index (χ4v) is 1.82. The number of aromatic nitrogens is 2. The molecule has 1 aromatic rings. The van der Waals surface area contributed by atoms with Crippen molar-refractivity contribution in [2.45, 2.75) is 31.8 Å². The molecule has 0 aromatic carbocycles. The van der Waals surface area contributed by atoms with Crippen molar-refractivity contribution in [2.75, 3.05) is 6.61 Å². The molecule has 2 rings (SSSR count). The van der Waals surface area contributed by atoms with E-state index in [2.05, 4.69) is 4.98 Å². The summed E-state index contributed by atoms with van der Waals surface area (Å²) in [5, 5.41) is 0. The van der Waals surface area contributed by atoms with Crippen LogP contribution in [0.15, 0.2) is 12.5 Å². The third-order valence-electron chi connectivity index (χ3n) is 2.69. The number of nitrogens with zero attached hydrogens (tertiary/aromatic N) is 2. The Labute approximate surface area is 88.2 Å². The van der Waals surface area contributed by atoms with E-state index in [-0.39, 0.29) is 12.0 Å². The second-order valence-corrected chi connectivity index (χ2v) is 3.79. The summed E-state index contributed by atoms with van der Waals surface area (Å²) in [5.41, 5.74) is 6.23. The first-order chi connectivity index (χ1) is 7.22.